The lowest BCUT2D eigenvalue weighted by molar-refractivity contribution is -0.119. The van der Waals surface area contributed by atoms with E-state index in [4.69, 9.17) is 0 Å². The molecule has 0 atom stereocenters. The monoisotopic (exact) mass is 407 g/mol. The number of halogens is 1. The van der Waals surface area contributed by atoms with Crippen molar-refractivity contribution in [2.24, 2.45) is 5.10 Å². The van der Waals surface area contributed by atoms with Crippen LogP contribution in [0.5, 0.6) is 0 Å². The first kappa shape index (κ1) is 16.5. The van der Waals surface area contributed by atoms with Crippen molar-refractivity contribution in [3.8, 4) is 0 Å². The molecule has 0 saturated heterocycles. The summed E-state index contributed by atoms with van der Waals surface area (Å²) in [5, 5.41) is 7.06. The van der Waals surface area contributed by atoms with E-state index in [0.29, 0.717) is 0 Å². The summed E-state index contributed by atoms with van der Waals surface area (Å²) in [4.78, 5) is 11.8. The molecule has 2 aromatic rings. The molecular weight excluding hydrogens is 389 g/mol. The third-order valence-electron chi connectivity index (χ3n) is 3.26. The molecule has 0 bridgehead atoms. The van der Waals surface area contributed by atoms with Gasteiger partial charge in [0.15, 0.2) is 0 Å². The van der Waals surface area contributed by atoms with Crippen molar-refractivity contribution in [3.05, 3.63) is 62.7 Å². The summed E-state index contributed by atoms with van der Waals surface area (Å²) in [7, 11) is 0. The van der Waals surface area contributed by atoms with E-state index in [1.54, 1.807) is 6.21 Å². The second-order valence-corrected chi connectivity index (χ2v) is 6.13. The van der Waals surface area contributed by atoms with Crippen LogP contribution in [0.2, 0.25) is 0 Å². The number of nitrogens with one attached hydrogen (secondary N) is 2. The summed E-state index contributed by atoms with van der Waals surface area (Å²) >= 11 is 2.23. The third kappa shape index (κ3) is 4.84. The number of benzene rings is 2. The number of anilines is 1. The van der Waals surface area contributed by atoms with E-state index in [9.17, 15) is 4.79 Å². The van der Waals surface area contributed by atoms with Gasteiger partial charge in [-0.1, -0.05) is 24.3 Å². The number of carbonyl (C=O) groups is 1. The first-order valence-electron chi connectivity index (χ1n) is 6.94. The maximum absolute atomic E-state index is 11.8. The molecule has 5 heteroatoms. The molecule has 0 aliphatic carbocycles. The van der Waals surface area contributed by atoms with Crippen LogP contribution in [0.25, 0.3) is 0 Å². The maximum Gasteiger partial charge on any atom is 0.259 e. The Hall–Kier alpha value is -1.89. The smallest absolute Gasteiger partial charge is 0.259 e. The first-order valence-corrected chi connectivity index (χ1v) is 8.01. The van der Waals surface area contributed by atoms with Crippen LogP contribution in [0.3, 0.4) is 0 Å². The predicted molar refractivity (Wildman–Crippen MR) is 99.3 cm³/mol. The Morgan fingerprint density at radius 2 is 1.95 bits per heavy atom. The molecule has 0 spiro atoms. The number of aryl methyl sites for hydroxylation is 2. The molecular formula is C17H18IN3O. The standard InChI is InChI=1S/C17H18IN3O/c1-12-7-8-15(9-13(12)2)19-11-17(22)21-20-10-14-5-3-4-6-16(14)18/h3-10,19H,11H2,1-2H3,(H,21,22). The largest absolute Gasteiger partial charge is 0.376 e. The second kappa shape index (κ2) is 7.93. The van der Waals surface area contributed by atoms with E-state index < -0.39 is 0 Å². The Morgan fingerprint density at radius 3 is 2.68 bits per heavy atom. The molecule has 2 rings (SSSR count). The van der Waals surface area contributed by atoms with Gasteiger partial charge in [0.1, 0.15) is 0 Å². The van der Waals surface area contributed by atoms with Gasteiger partial charge in [-0.3, -0.25) is 4.79 Å². The fourth-order valence-electron chi connectivity index (χ4n) is 1.83. The Labute approximate surface area is 144 Å². The van der Waals surface area contributed by atoms with Gasteiger partial charge in [0.2, 0.25) is 0 Å². The normalized spacial score (nSPS) is 10.7. The van der Waals surface area contributed by atoms with E-state index in [0.717, 1.165) is 14.8 Å². The second-order valence-electron chi connectivity index (χ2n) is 4.97. The lowest BCUT2D eigenvalue weighted by atomic mass is 10.1. The van der Waals surface area contributed by atoms with Gasteiger partial charge >= 0.3 is 0 Å². The highest BCUT2D eigenvalue weighted by atomic mass is 127. The molecule has 114 valence electrons. The Balaban J connectivity index is 1.83. The Kier molecular flexibility index (Phi) is 5.94. The zero-order valence-electron chi connectivity index (χ0n) is 12.6. The van der Waals surface area contributed by atoms with Gasteiger partial charge in [0.05, 0.1) is 12.8 Å². The molecule has 0 unspecified atom stereocenters. The average Bonchev–Trinajstić information content (AvgIpc) is 2.50. The molecule has 0 saturated carbocycles. The van der Waals surface area contributed by atoms with Crippen LogP contribution in [0.15, 0.2) is 47.6 Å². The topological polar surface area (TPSA) is 53.5 Å². The molecule has 0 heterocycles. The minimum absolute atomic E-state index is 0.180. The number of hydrogen-bond acceptors (Lipinski definition) is 3. The zero-order chi connectivity index (χ0) is 15.9. The van der Waals surface area contributed by atoms with Crippen molar-refractivity contribution in [1.82, 2.24) is 5.43 Å². The van der Waals surface area contributed by atoms with E-state index >= 15 is 0 Å². The fraction of sp³-hybridized carbons (Fsp3) is 0.176. The molecule has 0 aliphatic heterocycles. The van der Waals surface area contributed by atoms with Gasteiger partial charge in [-0.2, -0.15) is 5.10 Å². The molecule has 2 aromatic carbocycles. The fourth-order valence-corrected chi connectivity index (χ4v) is 2.35. The van der Waals surface area contributed by atoms with Crippen LogP contribution >= 0.6 is 22.6 Å². The van der Waals surface area contributed by atoms with E-state index in [-0.39, 0.29) is 12.5 Å². The lowest BCUT2D eigenvalue weighted by Crippen LogP contribution is -2.25. The molecule has 0 aliphatic rings. The Bertz CT molecular complexity index is 698. The number of rotatable bonds is 5. The molecule has 2 N–H and O–H groups in total. The molecule has 1 amide bonds. The van der Waals surface area contributed by atoms with Crippen LogP contribution in [-0.2, 0) is 4.79 Å². The van der Waals surface area contributed by atoms with Gasteiger partial charge in [0, 0.05) is 14.8 Å². The number of amides is 1. The summed E-state index contributed by atoms with van der Waals surface area (Å²) < 4.78 is 1.09. The zero-order valence-corrected chi connectivity index (χ0v) is 14.7. The molecule has 0 fully saturated rings. The number of carbonyl (C=O) groups excluding carboxylic acids is 1. The average molecular weight is 407 g/mol. The number of hydrazone groups is 1. The number of hydrogen-bond donors (Lipinski definition) is 2. The van der Waals surface area contributed by atoms with Gasteiger partial charge in [0.25, 0.3) is 5.91 Å². The highest BCUT2D eigenvalue weighted by Gasteiger charge is 2.01. The first-order chi connectivity index (χ1) is 10.6. The van der Waals surface area contributed by atoms with Crippen LogP contribution in [0, 0.1) is 17.4 Å². The minimum atomic E-state index is -0.180. The molecule has 0 radical (unpaired) electrons. The quantitative estimate of drug-likeness (QED) is 0.453. The van der Waals surface area contributed by atoms with Crippen LogP contribution < -0.4 is 10.7 Å². The van der Waals surface area contributed by atoms with Gasteiger partial charge in [-0.25, -0.2) is 5.43 Å². The van der Waals surface area contributed by atoms with E-state index in [2.05, 4.69) is 45.4 Å². The van der Waals surface area contributed by atoms with Crippen molar-refractivity contribution in [2.45, 2.75) is 13.8 Å². The summed E-state index contributed by atoms with van der Waals surface area (Å²) in [6.07, 6.45) is 1.65. The summed E-state index contributed by atoms with van der Waals surface area (Å²) in [6, 6.07) is 13.9. The highest BCUT2D eigenvalue weighted by Crippen LogP contribution is 2.13. The third-order valence-corrected chi connectivity index (χ3v) is 4.24. The van der Waals surface area contributed by atoms with Crippen molar-refractivity contribution in [3.63, 3.8) is 0 Å². The van der Waals surface area contributed by atoms with Crippen LogP contribution in [-0.4, -0.2) is 18.7 Å². The summed E-state index contributed by atoms with van der Waals surface area (Å²) in [5.74, 6) is -0.180. The van der Waals surface area contributed by atoms with Crippen molar-refractivity contribution in [2.75, 3.05) is 11.9 Å². The van der Waals surface area contributed by atoms with Crippen molar-refractivity contribution < 1.29 is 4.79 Å². The molecule has 22 heavy (non-hydrogen) atoms. The van der Waals surface area contributed by atoms with Crippen LogP contribution in [0.4, 0.5) is 5.69 Å². The highest BCUT2D eigenvalue weighted by molar-refractivity contribution is 14.1. The van der Waals surface area contributed by atoms with Gasteiger partial charge < -0.3 is 5.32 Å². The minimum Gasteiger partial charge on any atom is -0.376 e. The van der Waals surface area contributed by atoms with Crippen LogP contribution in [0.1, 0.15) is 16.7 Å². The van der Waals surface area contributed by atoms with E-state index in [1.165, 1.54) is 11.1 Å². The van der Waals surface area contributed by atoms with E-state index in [1.807, 2.05) is 49.4 Å². The summed E-state index contributed by atoms with van der Waals surface area (Å²) in [6.45, 7) is 4.30. The maximum atomic E-state index is 11.8. The van der Waals surface area contributed by atoms with Gasteiger partial charge in [-0.15, -0.1) is 0 Å². The van der Waals surface area contributed by atoms with Crippen molar-refractivity contribution in [1.29, 1.82) is 0 Å². The molecule has 0 aromatic heterocycles. The molecule has 4 nitrogen and oxygen atoms in total. The lowest BCUT2D eigenvalue weighted by Gasteiger charge is -2.07. The Morgan fingerprint density at radius 1 is 1.18 bits per heavy atom. The van der Waals surface area contributed by atoms with Crippen molar-refractivity contribution >= 4 is 40.4 Å². The predicted octanol–water partition coefficient (Wildman–Crippen LogP) is 3.47. The SMILES string of the molecule is Cc1ccc(NCC(=O)NN=Cc2ccccc2I)cc1C. The summed E-state index contributed by atoms with van der Waals surface area (Å²) in [5.41, 5.74) is 6.86. The number of nitrogens with zero attached hydrogens (tertiary/aromatic N) is 1. The van der Waals surface area contributed by atoms with Gasteiger partial charge in [-0.05, 0) is 65.8 Å².